The number of carboxylic acids is 1. The van der Waals surface area contributed by atoms with Crippen LogP contribution in [0.5, 0.6) is 17.2 Å². The van der Waals surface area contributed by atoms with E-state index in [0.717, 1.165) is 0 Å². The van der Waals surface area contributed by atoms with E-state index in [1.165, 1.54) is 38.5 Å². The molecule has 0 bridgehead atoms. The van der Waals surface area contributed by atoms with Crippen molar-refractivity contribution in [1.82, 2.24) is 5.32 Å². The molecular formula is C30H23Cl2NO9. The third-order valence-electron chi connectivity index (χ3n) is 8.01. The lowest BCUT2D eigenvalue weighted by atomic mass is 9.67. The highest BCUT2D eigenvalue weighted by molar-refractivity contribution is 6.36. The van der Waals surface area contributed by atoms with Crippen LogP contribution in [0.1, 0.15) is 52.2 Å². The minimum Gasteiger partial charge on any atom is -0.496 e. The number of ketones is 2. The van der Waals surface area contributed by atoms with Gasteiger partial charge in [0.15, 0.2) is 5.75 Å². The van der Waals surface area contributed by atoms with Crippen molar-refractivity contribution in [1.29, 1.82) is 0 Å². The van der Waals surface area contributed by atoms with Gasteiger partial charge in [0.1, 0.15) is 33.6 Å². The molecule has 2 N–H and O–H groups in total. The number of aromatic carboxylic acids is 1. The zero-order valence-electron chi connectivity index (χ0n) is 22.5. The summed E-state index contributed by atoms with van der Waals surface area (Å²) in [4.78, 5) is 52.9. The van der Waals surface area contributed by atoms with Crippen molar-refractivity contribution in [2.45, 2.75) is 31.3 Å². The summed E-state index contributed by atoms with van der Waals surface area (Å²) < 4.78 is 23.1. The molecule has 0 radical (unpaired) electrons. The third-order valence-corrected chi connectivity index (χ3v) is 8.69. The standard InChI is InChI=1S/C30H23Cl2NO9/c1-12-8-17-23(27(35)30(12)28(36)24-20(39-2)11-21(40-3)25(32)26(24)42-30)15(10-22(34)33-17)19-7-6-18(41-19)14-9-13(29(37)38)4-5-16(14)31/h4-7,9,11-12,15H,8,10H2,1-3H3,(H,33,34)(H,37,38)/t12-,15-,30+/m1/s1. The van der Waals surface area contributed by atoms with Crippen LogP contribution < -0.4 is 19.5 Å². The summed E-state index contributed by atoms with van der Waals surface area (Å²) in [7, 11) is 2.79. The van der Waals surface area contributed by atoms with E-state index in [9.17, 15) is 24.3 Å². The molecule has 0 unspecified atom stereocenters. The topological polar surface area (TPSA) is 141 Å². The Hall–Kier alpha value is -4.28. The van der Waals surface area contributed by atoms with Crippen molar-refractivity contribution in [3.05, 3.63) is 74.6 Å². The maximum Gasteiger partial charge on any atom is 0.335 e. The third kappa shape index (κ3) is 3.93. The first-order valence-electron chi connectivity index (χ1n) is 12.9. The van der Waals surface area contributed by atoms with E-state index in [1.807, 2.05) is 0 Å². The highest BCUT2D eigenvalue weighted by Crippen LogP contribution is 2.55. The molecule has 3 aliphatic rings. The first-order valence-corrected chi connectivity index (χ1v) is 13.7. The molecule has 0 saturated carbocycles. The smallest absolute Gasteiger partial charge is 0.335 e. The van der Waals surface area contributed by atoms with Crippen LogP contribution in [-0.2, 0) is 9.59 Å². The Labute approximate surface area is 249 Å². The summed E-state index contributed by atoms with van der Waals surface area (Å²) in [5.74, 6) is -3.35. The van der Waals surface area contributed by atoms with Crippen molar-refractivity contribution in [3.63, 3.8) is 0 Å². The van der Waals surface area contributed by atoms with Gasteiger partial charge in [-0.1, -0.05) is 30.1 Å². The Morgan fingerprint density at radius 3 is 2.45 bits per heavy atom. The number of hydrogen-bond acceptors (Lipinski definition) is 8. The molecule has 42 heavy (non-hydrogen) atoms. The highest BCUT2D eigenvalue weighted by atomic mass is 35.5. The molecule has 3 aromatic rings. The lowest BCUT2D eigenvalue weighted by molar-refractivity contribution is -0.131. The second kappa shape index (κ2) is 9.92. The number of methoxy groups -OCH3 is 2. The normalized spacial score (nSPS) is 22.9. The molecule has 2 aliphatic heterocycles. The van der Waals surface area contributed by atoms with Gasteiger partial charge in [0.05, 0.1) is 30.7 Å². The Kier molecular flexibility index (Phi) is 6.58. The largest absolute Gasteiger partial charge is 0.496 e. The summed E-state index contributed by atoms with van der Waals surface area (Å²) in [6.45, 7) is 1.70. The lowest BCUT2D eigenvalue weighted by Gasteiger charge is -2.41. The molecule has 3 heterocycles. The number of amides is 1. The van der Waals surface area contributed by atoms with Crippen LogP contribution in [0.4, 0.5) is 0 Å². The minimum atomic E-state index is -1.96. The van der Waals surface area contributed by atoms with E-state index in [4.69, 9.17) is 41.8 Å². The van der Waals surface area contributed by atoms with Gasteiger partial charge in [-0.05, 0) is 36.8 Å². The summed E-state index contributed by atoms with van der Waals surface area (Å²) in [6.07, 6.45) is 0.0179. The molecule has 216 valence electrons. The molecule has 6 rings (SSSR count). The second-order valence-corrected chi connectivity index (χ2v) is 11.1. The molecule has 12 heteroatoms. The molecule has 2 aromatic carbocycles. The number of carbonyl (C=O) groups is 4. The summed E-state index contributed by atoms with van der Waals surface area (Å²) in [5, 5.41) is 12.5. The first kappa shape index (κ1) is 27.9. The second-order valence-electron chi connectivity index (χ2n) is 10.3. The zero-order chi connectivity index (χ0) is 30.1. The van der Waals surface area contributed by atoms with Crippen molar-refractivity contribution >= 4 is 46.6 Å². The maximum atomic E-state index is 14.5. The predicted octanol–water partition coefficient (Wildman–Crippen LogP) is 5.45. The van der Waals surface area contributed by atoms with E-state index in [2.05, 4.69) is 5.32 Å². The summed E-state index contributed by atoms with van der Waals surface area (Å²) in [5.41, 5.74) is -1.02. The molecule has 1 aliphatic carbocycles. The van der Waals surface area contributed by atoms with Gasteiger partial charge in [-0.3, -0.25) is 14.4 Å². The molecule has 0 saturated heterocycles. The van der Waals surface area contributed by atoms with E-state index in [1.54, 1.807) is 19.1 Å². The SMILES string of the molecule is COc1cc(OC)c2c(c1Cl)O[C@@]1(C(=O)C3=C(C[C@H]1C)NC(=O)C[C@@H]3c1ccc(-c3cc(C(=O)O)ccc3Cl)o1)C2=O. The molecule has 0 fully saturated rings. The number of furan rings is 1. The number of allylic oxidation sites excluding steroid dienone is 1. The fourth-order valence-corrected chi connectivity index (χ4v) is 6.44. The average molecular weight is 612 g/mol. The van der Waals surface area contributed by atoms with Gasteiger partial charge in [0, 0.05) is 35.2 Å². The number of fused-ring (bicyclic) bond motifs is 1. The first-order chi connectivity index (χ1) is 20.0. The monoisotopic (exact) mass is 611 g/mol. The summed E-state index contributed by atoms with van der Waals surface area (Å²) >= 11 is 12.9. The number of Topliss-reactive ketones (excluding diaryl/α,β-unsaturated/α-hetero) is 2. The lowest BCUT2D eigenvalue weighted by Crippen LogP contribution is -2.59. The molecular weight excluding hydrogens is 589 g/mol. The van der Waals surface area contributed by atoms with Gasteiger partial charge < -0.3 is 29.1 Å². The van der Waals surface area contributed by atoms with Crippen molar-refractivity contribution in [2.75, 3.05) is 14.2 Å². The minimum absolute atomic E-state index is 0.00764. The van der Waals surface area contributed by atoms with Gasteiger partial charge >= 0.3 is 5.97 Å². The molecule has 1 amide bonds. The van der Waals surface area contributed by atoms with Crippen LogP contribution in [0.15, 0.2) is 52.1 Å². The average Bonchev–Trinajstić information content (AvgIpc) is 3.56. The van der Waals surface area contributed by atoms with Gasteiger partial charge in [-0.2, -0.15) is 0 Å². The van der Waals surface area contributed by atoms with Gasteiger partial charge in [0.2, 0.25) is 23.1 Å². The van der Waals surface area contributed by atoms with Crippen molar-refractivity contribution in [2.24, 2.45) is 5.92 Å². The highest BCUT2D eigenvalue weighted by Gasteiger charge is 2.63. The fraction of sp³-hybridized carbons (Fsp3) is 0.267. The number of ether oxygens (including phenoxy) is 3. The summed E-state index contributed by atoms with van der Waals surface area (Å²) in [6, 6.07) is 8.84. The predicted molar refractivity (Wildman–Crippen MR) is 150 cm³/mol. The molecule has 1 aromatic heterocycles. The van der Waals surface area contributed by atoms with Gasteiger partial charge in [0.25, 0.3) is 0 Å². The van der Waals surface area contributed by atoms with Crippen molar-refractivity contribution < 1.29 is 42.9 Å². The van der Waals surface area contributed by atoms with Crippen LogP contribution in [0.2, 0.25) is 10.0 Å². The number of rotatable bonds is 5. The number of benzene rings is 2. The molecule has 10 nitrogen and oxygen atoms in total. The quantitative estimate of drug-likeness (QED) is 0.360. The molecule has 1 spiro atoms. The van der Waals surface area contributed by atoms with Crippen LogP contribution in [0.3, 0.4) is 0 Å². The number of halogens is 2. The van der Waals surface area contributed by atoms with Crippen LogP contribution in [0, 0.1) is 5.92 Å². The van der Waals surface area contributed by atoms with E-state index >= 15 is 0 Å². The molecule has 3 atom stereocenters. The van der Waals surface area contributed by atoms with E-state index in [-0.39, 0.29) is 74.3 Å². The van der Waals surface area contributed by atoms with Crippen LogP contribution in [-0.4, -0.2) is 48.4 Å². The number of carbonyl (C=O) groups excluding carboxylic acids is 3. The Morgan fingerprint density at radius 2 is 1.76 bits per heavy atom. The van der Waals surface area contributed by atoms with Crippen molar-refractivity contribution in [3.8, 4) is 28.6 Å². The Morgan fingerprint density at radius 1 is 1.02 bits per heavy atom. The van der Waals surface area contributed by atoms with Crippen LogP contribution in [0.25, 0.3) is 11.3 Å². The number of nitrogens with one attached hydrogen (secondary N) is 1. The number of carboxylic acid groups (broad SMARTS) is 1. The Balaban J connectivity index is 1.44. The number of hydrogen-bond donors (Lipinski definition) is 2. The van der Waals surface area contributed by atoms with E-state index in [0.29, 0.717) is 11.3 Å². The van der Waals surface area contributed by atoms with Crippen LogP contribution >= 0.6 is 23.2 Å². The fourth-order valence-electron chi connectivity index (χ4n) is 5.96. The Bertz CT molecular complexity index is 1760. The zero-order valence-corrected chi connectivity index (χ0v) is 24.0. The van der Waals surface area contributed by atoms with Gasteiger partial charge in [-0.25, -0.2) is 4.79 Å². The van der Waals surface area contributed by atoms with Gasteiger partial charge in [-0.15, -0.1) is 0 Å². The van der Waals surface area contributed by atoms with E-state index < -0.39 is 35.0 Å². The maximum absolute atomic E-state index is 14.5.